The highest BCUT2D eigenvalue weighted by atomic mass is 19.1. The third-order valence-corrected chi connectivity index (χ3v) is 7.26. The minimum absolute atomic E-state index is 0.0397. The first-order valence-electron chi connectivity index (χ1n) is 11.3. The second-order valence-electron chi connectivity index (χ2n) is 9.05. The molecule has 1 aliphatic heterocycles. The molecule has 1 aliphatic carbocycles. The Kier molecular flexibility index (Phi) is 5.15. The Morgan fingerprint density at radius 3 is 2.75 bits per heavy atom. The molecule has 0 saturated carbocycles. The molecule has 5 nitrogen and oxygen atoms in total. The number of piperidine rings is 1. The number of carbonyl (C=O) groups excluding carboxylic acids is 1. The summed E-state index contributed by atoms with van der Waals surface area (Å²) in [6.45, 7) is 4.93. The fourth-order valence-corrected chi connectivity index (χ4v) is 5.29. The van der Waals surface area contributed by atoms with Crippen molar-refractivity contribution in [3.05, 3.63) is 59.7 Å². The normalized spacial score (nSPS) is 19.8. The van der Waals surface area contributed by atoms with Crippen LogP contribution in [0, 0.1) is 11.2 Å². The van der Waals surface area contributed by atoms with Gasteiger partial charge in [0.2, 0.25) is 0 Å². The predicted molar refractivity (Wildman–Crippen MR) is 124 cm³/mol. The molecular formula is C25H26BFN4O. The van der Waals surface area contributed by atoms with E-state index in [0.717, 1.165) is 37.9 Å². The Labute approximate surface area is 188 Å². The summed E-state index contributed by atoms with van der Waals surface area (Å²) in [5.41, 5.74) is 3.18. The quantitative estimate of drug-likeness (QED) is 0.471. The molecule has 3 heterocycles. The summed E-state index contributed by atoms with van der Waals surface area (Å²) in [6.07, 6.45) is 9.38. The average molecular weight is 428 g/mol. The van der Waals surface area contributed by atoms with E-state index < -0.39 is 5.82 Å². The van der Waals surface area contributed by atoms with Gasteiger partial charge >= 0.3 is 0 Å². The van der Waals surface area contributed by atoms with Crippen LogP contribution in [0.4, 0.5) is 4.39 Å². The van der Waals surface area contributed by atoms with Crippen molar-refractivity contribution in [1.82, 2.24) is 19.5 Å². The summed E-state index contributed by atoms with van der Waals surface area (Å²) in [5.74, 6) is -0.470. The monoisotopic (exact) mass is 428 g/mol. The Morgan fingerprint density at radius 1 is 1.25 bits per heavy atom. The van der Waals surface area contributed by atoms with Gasteiger partial charge < -0.3 is 4.90 Å². The minimum atomic E-state index is -0.430. The predicted octanol–water partition coefficient (Wildman–Crippen LogP) is 3.85. The number of amides is 1. The molecule has 0 bridgehead atoms. The van der Waals surface area contributed by atoms with Crippen molar-refractivity contribution in [2.24, 2.45) is 5.41 Å². The molecular weight excluding hydrogens is 402 g/mol. The third kappa shape index (κ3) is 3.35. The average Bonchev–Trinajstić information content (AvgIpc) is 3.42. The van der Waals surface area contributed by atoms with Crippen molar-refractivity contribution in [1.29, 1.82) is 0 Å². The largest absolute Gasteiger partial charge is 0.334 e. The first-order chi connectivity index (χ1) is 15.4. The molecule has 162 valence electrons. The topological polar surface area (TPSA) is 50.5 Å². The number of benzene rings is 1. The molecule has 2 aromatic heterocycles. The van der Waals surface area contributed by atoms with Crippen LogP contribution in [0.25, 0.3) is 16.9 Å². The van der Waals surface area contributed by atoms with Crippen LogP contribution in [0.1, 0.15) is 55.7 Å². The van der Waals surface area contributed by atoms with E-state index in [1.807, 2.05) is 17.9 Å². The number of nitrogens with zero attached hydrogens (tertiary/aromatic N) is 4. The van der Waals surface area contributed by atoms with Crippen molar-refractivity contribution < 1.29 is 9.18 Å². The van der Waals surface area contributed by atoms with Crippen LogP contribution >= 0.6 is 0 Å². The molecule has 2 aliphatic rings. The third-order valence-electron chi connectivity index (χ3n) is 7.26. The zero-order valence-electron chi connectivity index (χ0n) is 18.5. The summed E-state index contributed by atoms with van der Waals surface area (Å²) in [6, 6.07) is 8.27. The lowest BCUT2D eigenvalue weighted by Crippen LogP contribution is -2.52. The van der Waals surface area contributed by atoms with Crippen LogP contribution in [0.15, 0.2) is 42.5 Å². The summed E-state index contributed by atoms with van der Waals surface area (Å²) >= 11 is 0. The van der Waals surface area contributed by atoms with Crippen LogP contribution in [-0.2, 0) is 6.42 Å². The molecule has 2 radical (unpaired) electrons. The van der Waals surface area contributed by atoms with E-state index in [0.29, 0.717) is 34.5 Å². The van der Waals surface area contributed by atoms with E-state index in [9.17, 15) is 9.18 Å². The van der Waals surface area contributed by atoms with Gasteiger partial charge in [0, 0.05) is 29.9 Å². The number of carbonyl (C=O) groups is 1. The van der Waals surface area contributed by atoms with E-state index in [1.165, 1.54) is 6.07 Å². The smallest absolute Gasteiger partial charge is 0.272 e. The summed E-state index contributed by atoms with van der Waals surface area (Å²) in [4.78, 5) is 20.2. The van der Waals surface area contributed by atoms with Gasteiger partial charge in [0.05, 0.1) is 5.69 Å². The van der Waals surface area contributed by atoms with Crippen molar-refractivity contribution in [3.8, 4) is 11.3 Å². The lowest BCUT2D eigenvalue weighted by molar-refractivity contribution is 0.0246. The van der Waals surface area contributed by atoms with Gasteiger partial charge in [0.25, 0.3) is 5.91 Å². The Bertz CT molecular complexity index is 1230. The maximum absolute atomic E-state index is 14.5. The van der Waals surface area contributed by atoms with E-state index >= 15 is 0 Å². The number of fused-ring (bicyclic) bond motifs is 1. The van der Waals surface area contributed by atoms with Gasteiger partial charge in [-0.1, -0.05) is 36.7 Å². The molecule has 5 rings (SSSR count). The molecule has 7 heteroatoms. The molecule has 1 spiro atoms. The van der Waals surface area contributed by atoms with Crippen LogP contribution in [0.2, 0.25) is 0 Å². The van der Waals surface area contributed by atoms with Gasteiger partial charge in [-0.05, 0) is 56.6 Å². The highest BCUT2D eigenvalue weighted by molar-refractivity contribution is 6.32. The van der Waals surface area contributed by atoms with Crippen LogP contribution in [-0.4, -0.2) is 45.8 Å². The maximum Gasteiger partial charge on any atom is 0.272 e. The number of hydrogen-bond acceptors (Lipinski definition) is 3. The molecule has 1 aromatic carbocycles. The zero-order valence-corrected chi connectivity index (χ0v) is 18.5. The minimum Gasteiger partial charge on any atom is -0.334 e. The number of halogens is 1. The summed E-state index contributed by atoms with van der Waals surface area (Å²) < 4.78 is 16.2. The van der Waals surface area contributed by atoms with Gasteiger partial charge in [0.1, 0.15) is 19.4 Å². The number of aromatic nitrogens is 3. The molecule has 1 atom stereocenters. The fourth-order valence-electron chi connectivity index (χ4n) is 5.29. The van der Waals surface area contributed by atoms with E-state index in [2.05, 4.69) is 29.2 Å². The standard InChI is InChI=1S/C25H26BFN4O/c1-3-18-14-22(24(32)30-12-6-11-25(16(30)2)9-4-5-10-25)28-23-15-21(29-31(18)23)19-8-7-17(26)13-20(19)27/h4-5,7-8,13-16H,3,6,9-12H2,1-2H3. The van der Waals surface area contributed by atoms with Crippen LogP contribution < -0.4 is 5.46 Å². The second kappa shape index (κ2) is 7.87. The summed E-state index contributed by atoms with van der Waals surface area (Å²) in [5, 5.41) is 4.57. The highest BCUT2D eigenvalue weighted by Gasteiger charge is 2.44. The zero-order chi connectivity index (χ0) is 22.5. The fraction of sp³-hybridized carbons (Fsp3) is 0.400. The molecule has 3 aromatic rings. The van der Waals surface area contributed by atoms with Crippen LogP contribution in [0.3, 0.4) is 0 Å². The van der Waals surface area contributed by atoms with Crippen molar-refractivity contribution in [3.63, 3.8) is 0 Å². The van der Waals surface area contributed by atoms with Crippen molar-refractivity contribution in [2.75, 3.05) is 6.54 Å². The van der Waals surface area contributed by atoms with Crippen molar-refractivity contribution in [2.45, 2.75) is 52.0 Å². The first kappa shape index (κ1) is 20.9. The Morgan fingerprint density at radius 2 is 2.03 bits per heavy atom. The number of allylic oxidation sites excluding steroid dienone is 2. The SMILES string of the molecule is [B]c1ccc(-c2cc3nc(C(=O)N4CCCC5(CC=CC5)C4C)cc(CC)n3n2)c(F)c1. The molecule has 0 N–H and O–H groups in total. The van der Waals surface area contributed by atoms with E-state index in [1.54, 1.807) is 22.7 Å². The molecule has 1 fully saturated rings. The van der Waals surface area contributed by atoms with E-state index in [-0.39, 0.29) is 17.4 Å². The van der Waals surface area contributed by atoms with Gasteiger partial charge in [-0.25, -0.2) is 13.9 Å². The number of hydrogen-bond donors (Lipinski definition) is 0. The number of likely N-dealkylation sites (tertiary alicyclic amines) is 1. The number of rotatable bonds is 3. The maximum atomic E-state index is 14.5. The van der Waals surface area contributed by atoms with E-state index in [4.69, 9.17) is 7.85 Å². The molecule has 1 saturated heterocycles. The van der Waals surface area contributed by atoms with Gasteiger partial charge in [-0.15, -0.1) is 0 Å². The van der Waals surface area contributed by atoms with Gasteiger partial charge in [0.15, 0.2) is 5.65 Å². The first-order valence-corrected chi connectivity index (χ1v) is 11.3. The Balaban J connectivity index is 1.52. The van der Waals surface area contributed by atoms with Gasteiger partial charge in [-0.2, -0.15) is 5.10 Å². The lowest BCUT2D eigenvalue weighted by Gasteiger charge is -2.46. The summed E-state index contributed by atoms with van der Waals surface area (Å²) in [7, 11) is 5.68. The van der Waals surface area contributed by atoms with Gasteiger partial charge in [-0.3, -0.25) is 4.79 Å². The number of aryl methyl sites for hydroxylation is 1. The van der Waals surface area contributed by atoms with Crippen molar-refractivity contribution >= 4 is 24.9 Å². The Hall–Kier alpha value is -2.96. The lowest BCUT2D eigenvalue weighted by atomic mass is 9.72. The van der Waals surface area contributed by atoms with Crippen LogP contribution in [0.5, 0.6) is 0 Å². The molecule has 32 heavy (non-hydrogen) atoms. The second-order valence-corrected chi connectivity index (χ2v) is 9.05. The molecule has 1 unspecified atom stereocenters. The molecule has 1 amide bonds. The highest BCUT2D eigenvalue weighted by Crippen LogP contribution is 2.46.